The van der Waals surface area contributed by atoms with Gasteiger partial charge in [-0.05, 0) is 32.3 Å². The number of urea groups is 1. The van der Waals surface area contributed by atoms with Crippen molar-refractivity contribution in [3.8, 4) is 0 Å². The van der Waals surface area contributed by atoms with Crippen molar-refractivity contribution in [3.05, 3.63) is 23.5 Å². The molecule has 11 nitrogen and oxygen atoms in total. The summed E-state index contributed by atoms with van der Waals surface area (Å²) in [6.07, 6.45) is -0.408. The van der Waals surface area contributed by atoms with Crippen LogP contribution in [0.15, 0.2) is 23.5 Å². The molecule has 186 valence electrons. The molecule has 4 aliphatic heterocycles. The number of nitrogens with one attached hydrogen (secondary N) is 2. The number of epoxide rings is 1. The summed E-state index contributed by atoms with van der Waals surface area (Å²) >= 11 is 0. The summed E-state index contributed by atoms with van der Waals surface area (Å²) in [5.74, 6) is 0. The fourth-order valence-corrected chi connectivity index (χ4v) is 6.53. The van der Waals surface area contributed by atoms with Crippen molar-refractivity contribution in [3.63, 3.8) is 0 Å². The Balaban J connectivity index is 1.52. The van der Waals surface area contributed by atoms with Gasteiger partial charge in [0.25, 0.3) is 0 Å². The third kappa shape index (κ3) is 4.25. The summed E-state index contributed by atoms with van der Waals surface area (Å²) in [5, 5.41) is 26.2. The summed E-state index contributed by atoms with van der Waals surface area (Å²) in [5.41, 5.74) is 0.614. The van der Waals surface area contributed by atoms with E-state index < -0.39 is 49.1 Å². The SMILES string of the molecule is CCC(CC)(CC1OC(N2C=C3C=C(C)NC3NC2=O)C(O)C1O)OP(=O)(O)C1(CC)CO1. The van der Waals surface area contributed by atoms with Gasteiger partial charge in [-0.2, -0.15) is 0 Å². The molecule has 0 saturated carbocycles. The third-order valence-electron chi connectivity index (χ3n) is 7.21. The lowest BCUT2D eigenvalue weighted by atomic mass is 9.88. The second kappa shape index (κ2) is 8.64. The Morgan fingerprint density at radius 2 is 1.94 bits per heavy atom. The number of rotatable bonds is 9. The van der Waals surface area contributed by atoms with Crippen molar-refractivity contribution in [1.29, 1.82) is 0 Å². The molecule has 0 radical (unpaired) electrons. The number of hydrogen-bond donors (Lipinski definition) is 5. The molecule has 4 heterocycles. The minimum atomic E-state index is -4.12. The molecular weight excluding hydrogens is 453 g/mol. The van der Waals surface area contributed by atoms with Crippen molar-refractivity contribution in [1.82, 2.24) is 15.5 Å². The van der Waals surface area contributed by atoms with Gasteiger partial charge in [-0.1, -0.05) is 20.8 Å². The second-order valence-corrected chi connectivity index (χ2v) is 11.3. The normalized spacial score (nSPS) is 37.6. The first-order valence-electron chi connectivity index (χ1n) is 11.4. The van der Waals surface area contributed by atoms with Crippen molar-refractivity contribution < 1.29 is 38.5 Å². The van der Waals surface area contributed by atoms with Gasteiger partial charge in [0, 0.05) is 23.9 Å². The van der Waals surface area contributed by atoms with Crippen LogP contribution in [0.2, 0.25) is 0 Å². The summed E-state index contributed by atoms with van der Waals surface area (Å²) in [4.78, 5) is 24.6. The predicted octanol–water partition coefficient (Wildman–Crippen LogP) is 1.46. The van der Waals surface area contributed by atoms with E-state index in [1.807, 2.05) is 26.8 Å². The monoisotopic (exact) mass is 487 g/mol. The average Bonchev–Trinajstić information content (AvgIpc) is 3.45. The van der Waals surface area contributed by atoms with Gasteiger partial charge in [-0.25, -0.2) is 4.79 Å². The lowest BCUT2D eigenvalue weighted by Gasteiger charge is -2.37. The number of fused-ring (bicyclic) bond motifs is 1. The molecule has 0 aromatic heterocycles. The van der Waals surface area contributed by atoms with Gasteiger partial charge in [0.15, 0.2) is 11.6 Å². The number of ether oxygens (including phenoxy) is 2. The zero-order valence-electron chi connectivity index (χ0n) is 19.4. The van der Waals surface area contributed by atoms with Crippen LogP contribution in [0, 0.1) is 0 Å². The Morgan fingerprint density at radius 3 is 2.52 bits per heavy atom. The highest BCUT2D eigenvalue weighted by molar-refractivity contribution is 7.54. The van der Waals surface area contributed by atoms with E-state index in [-0.39, 0.29) is 19.2 Å². The van der Waals surface area contributed by atoms with Crippen molar-refractivity contribution in [2.24, 2.45) is 0 Å². The number of hydrogen-bond acceptors (Lipinski definition) is 8. The number of aliphatic hydroxyl groups is 2. The van der Waals surface area contributed by atoms with Gasteiger partial charge in [0.05, 0.1) is 18.3 Å². The largest absolute Gasteiger partial charge is 0.388 e. The summed E-state index contributed by atoms with van der Waals surface area (Å²) in [7, 11) is -4.12. The molecule has 7 atom stereocenters. The van der Waals surface area contributed by atoms with Gasteiger partial charge in [-0.15, -0.1) is 0 Å². The van der Waals surface area contributed by atoms with E-state index in [9.17, 15) is 24.5 Å². The lowest BCUT2D eigenvalue weighted by molar-refractivity contribution is -0.0812. The Morgan fingerprint density at radius 1 is 1.27 bits per heavy atom. The van der Waals surface area contributed by atoms with E-state index in [1.54, 1.807) is 13.1 Å². The van der Waals surface area contributed by atoms with Gasteiger partial charge in [-0.3, -0.25) is 14.0 Å². The van der Waals surface area contributed by atoms with Crippen LogP contribution in [0.25, 0.3) is 0 Å². The Kier molecular flexibility index (Phi) is 6.46. The lowest BCUT2D eigenvalue weighted by Crippen LogP contribution is -2.56. The molecule has 0 bridgehead atoms. The van der Waals surface area contributed by atoms with Crippen LogP contribution >= 0.6 is 7.60 Å². The van der Waals surface area contributed by atoms with Crippen LogP contribution < -0.4 is 10.6 Å². The van der Waals surface area contributed by atoms with Gasteiger partial charge >= 0.3 is 13.6 Å². The van der Waals surface area contributed by atoms with E-state index in [2.05, 4.69) is 10.6 Å². The van der Waals surface area contributed by atoms with Crippen molar-refractivity contribution in [2.45, 2.75) is 95.0 Å². The molecular formula is C21H34N3O8P. The van der Waals surface area contributed by atoms with E-state index in [0.717, 1.165) is 11.3 Å². The maximum Gasteiger partial charge on any atom is 0.362 e. The van der Waals surface area contributed by atoms with E-state index >= 15 is 0 Å². The first-order valence-corrected chi connectivity index (χ1v) is 13.0. The molecule has 12 heteroatoms. The minimum Gasteiger partial charge on any atom is -0.388 e. The number of allylic oxidation sites excluding steroid dienone is 1. The standard InChI is InChI=1S/C21H34N3O8P/c1-5-20(6-2,32-33(28,29)21(7-3)11-30-21)9-14-15(25)16(26)18(31-14)24-10-13-8-12(4)22-17(13)23-19(24)27/h8,10,14-18,22,25-26H,5-7,9,11H2,1-4H3,(H,23,27)(H,28,29). The van der Waals surface area contributed by atoms with Crippen molar-refractivity contribution in [2.75, 3.05) is 6.61 Å². The average molecular weight is 487 g/mol. The number of nitrogens with zero attached hydrogens (tertiary/aromatic N) is 1. The maximum absolute atomic E-state index is 13.0. The molecule has 33 heavy (non-hydrogen) atoms. The first-order chi connectivity index (χ1) is 15.5. The topological polar surface area (TPSA) is 153 Å². The molecule has 0 aromatic carbocycles. The summed E-state index contributed by atoms with van der Waals surface area (Å²) < 4.78 is 30.1. The first kappa shape index (κ1) is 24.7. The third-order valence-corrected chi connectivity index (χ3v) is 9.45. The molecule has 0 aromatic rings. The molecule has 4 rings (SSSR count). The summed E-state index contributed by atoms with van der Waals surface area (Å²) in [6.45, 7) is 7.46. The van der Waals surface area contributed by atoms with Crippen LogP contribution in [0.1, 0.15) is 53.4 Å². The van der Waals surface area contributed by atoms with Crippen LogP contribution in [0.5, 0.6) is 0 Å². The molecule has 7 unspecified atom stereocenters. The van der Waals surface area contributed by atoms with E-state index in [0.29, 0.717) is 19.3 Å². The molecule has 2 saturated heterocycles. The fourth-order valence-electron chi connectivity index (χ4n) is 4.72. The molecule has 2 amide bonds. The molecule has 5 N–H and O–H groups in total. The van der Waals surface area contributed by atoms with Crippen LogP contribution in [0.3, 0.4) is 0 Å². The Hall–Kier alpha value is -1.46. The number of carbonyl (C=O) groups is 1. The maximum atomic E-state index is 13.0. The molecule has 4 aliphatic rings. The smallest absolute Gasteiger partial charge is 0.362 e. The fraction of sp³-hybridized carbons (Fsp3) is 0.762. The minimum absolute atomic E-state index is 0.0638. The highest BCUT2D eigenvalue weighted by atomic mass is 31.2. The van der Waals surface area contributed by atoms with Crippen LogP contribution in [-0.2, 0) is 18.6 Å². The van der Waals surface area contributed by atoms with E-state index in [4.69, 9.17) is 14.0 Å². The quantitative estimate of drug-likeness (QED) is 0.240. The molecule has 0 spiro atoms. The van der Waals surface area contributed by atoms with Crippen molar-refractivity contribution >= 4 is 13.6 Å². The predicted molar refractivity (Wildman–Crippen MR) is 118 cm³/mol. The highest BCUT2D eigenvalue weighted by Crippen LogP contribution is 2.67. The number of aliphatic hydroxyl groups excluding tert-OH is 2. The Bertz CT molecular complexity index is 900. The highest BCUT2D eigenvalue weighted by Gasteiger charge is 2.62. The zero-order chi connectivity index (χ0) is 24.2. The Labute approximate surface area is 193 Å². The van der Waals surface area contributed by atoms with Crippen LogP contribution in [0.4, 0.5) is 4.79 Å². The molecule has 0 aliphatic carbocycles. The van der Waals surface area contributed by atoms with E-state index in [1.165, 1.54) is 4.90 Å². The molecule has 2 fully saturated rings. The number of amides is 2. The second-order valence-electron chi connectivity index (χ2n) is 9.23. The van der Waals surface area contributed by atoms with Gasteiger partial charge < -0.3 is 35.2 Å². The summed E-state index contributed by atoms with van der Waals surface area (Å²) in [6, 6.07) is -0.472. The zero-order valence-corrected chi connectivity index (χ0v) is 20.2. The number of carbonyl (C=O) groups excluding carboxylic acids is 1. The van der Waals surface area contributed by atoms with Gasteiger partial charge in [0.2, 0.25) is 0 Å². The van der Waals surface area contributed by atoms with Gasteiger partial charge in [0.1, 0.15) is 18.4 Å². The van der Waals surface area contributed by atoms with Crippen LogP contribution in [-0.4, -0.2) is 74.3 Å².